The van der Waals surface area contributed by atoms with Gasteiger partial charge >= 0.3 is 0 Å². The first-order valence-electron chi connectivity index (χ1n) is 6.65. The number of likely N-dealkylation sites (N-methyl/N-ethyl adjacent to an activating group) is 1. The van der Waals surface area contributed by atoms with Crippen molar-refractivity contribution in [3.8, 4) is 0 Å². The van der Waals surface area contributed by atoms with Crippen LogP contribution in [-0.2, 0) is 0 Å². The molecule has 1 heterocycles. The van der Waals surface area contributed by atoms with E-state index in [4.69, 9.17) is 0 Å². The lowest BCUT2D eigenvalue weighted by atomic mass is 10.1. The summed E-state index contributed by atoms with van der Waals surface area (Å²) in [7, 11) is 0. The first-order valence-corrected chi connectivity index (χ1v) is 6.65. The highest BCUT2D eigenvalue weighted by Gasteiger charge is 2.26. The molecule has 0 aromatic carbocycles. The number of likely N-dealkylation sites (tertiary alicyclic amines) is 1. The number of hydrogen-bond acceptors (Lipinski definition) is 3. The molecule has 96 valence electrons. The van der Waals surface area contributed by atoms with Crippen LogP contribution in [0.3, 0.4) is 0 Å². The highest BCUT2D eigenvalue weighted by Crippen LogP contribution is 2.17. The zero-order valence-corrected chi connectivity index (χ0v) is 11.4. The van der Waals surface area contributed by atoms with E-state index in [1.807, 2.05) is 13.8 Å². The van der Waals surface area contributed by atoms with E-state index in [9.17, 15) is 5.11 Å². The Balaban J connectivity index is 2.29. The number of rotatable bonds is 6. The molecule has 1 aliphatic heterocycles. The van der Waals surface area contributed by atoms with Crippen molar-refractivity contribution in [1.82, 2.24) is 9.80 Å². The first-order chi connectivity index (χ1) is 7.46. The summed E-state index contributed by atoms with van der Waals surface area (Å²) in [6.07, 6.45) is 2.16. The molecule has 3 nitrogen and oxygen atoms in total. The van der Waals surface area contributed by atoms with Crippen LogP contribution in [0, 0.1) is 0 Å². The fourth-order valence-electron chi connectivity index (χ4n) is 2.49. The van der Waals surface area contributed by atoms with Crippen molar-refractivity contribution in [2.45, 2.75) is 52.2 Å². The zero-order chi connectivity index (χ0) is 12.2. The molecular formula is C13H28N2O. The fourth-order valence-corrected chi connectivity index (χ4v) is 2.49. The number of hydrogen-bond donors (Lipinski definition) is 1. The summed E-state index contributed by atoms with van der Waals surface area (Å²) in [6, 6.07) is 0.733. The molecule has 1 N–H and O–H groups in total. The summed E-state index contributed by atoms with van der Waals surface area (Å²) in [6.45, 7) is 14.0. The maximum atomic E-state index is 9.71. The van der Waals surface area contributed by atoms with Gasteiger partial charge in [-0.2, -0.15) is 0 Å². The van der Waals surface area contributed by atoms with Gasteiger partial charge in [-0.25, -0.2) is 0 Å². The summed E-state index contributed by atoms with van der Waals surface area (Å²) in [5.41, 5.74) is -0.521. The molecule has 3 heteroatoms. The minimum atomic E-state index is -0.521. The van der Waals surface area contributed by atoms with Gasteiger partial charge < -0.3 is 10.0 Å². The number of nitrogens with zero attached hydrogens (tertiary/aromatic N) is 2. The molecule has 0 amide bonds. The normalized spacial score (nSPS) is 23.2. The number of aliphatic hydroxyl groups is 1. The van der Waals surface area contributed by atoms with Gasteiger partial charge in [0.15, 0.2) is 0 Å². The summed E-state index contributed by atoms with van der Waals surface area (Å²) >= 11 is 0. The largest absolute Gasteiger partial charge is 0.390 e. The van der Waals surface area contributed by atoms with Gasteiger partial charge in [0.05, 0.1) is 5.60 Å². The third-order valence-electron chi connectivity index (χ3n) is 3.62. The molecule has 1 atom stereocenters. The SMILES string of the molecule is CCN(CC)C1CCN(CCC(C)(C)O)C1. The Morgan fingerprint density at radius 1 is 1.31 bits per heavy atom. The molecule has 16 heavy (non-hydrogen) atoms. The van der Waals surface area contributed by atoms with E-state index in [0.29, 0.717) is 0 Å². The Kier molecular flexibility index (Phi) is 5.22. The lowest BCUT2D eigenvalue weighted by Gasteiger charge is -2.27. The Morgan fingerprint density at radius 3 is 2.44 bits per heavy atom. The Labute approximate surface area is 100 Å². The molecule has 0 saturated carbocycles. The highest BCUT2D eigenvalue weighted by atomic mass is 16.3. The van der Waals surface area contributed by atoms with Crippen molar-refractivity contribution in [1.29, 1.82) is 0 Å². The summed E-state index contributed by atoms with van der Waals surface area (Å²) < 4.78 is 0. The van der Waals surface area contributed by atoms with Gasteiger partial charge in [-0.1, -0.05) is 13.8 Å². The molecular weight excluding hydrogens is 200 g/mol. The van der Waals surface area contributed by atoms with E-state index in [2.05, 4.69) is 23.6 Å². The molecule has 1 aliphatic rings. The average molecular weight is 228 g/mol. The highest BCUT2D eigenvalue weighted by molar-refractivity contribution is 4.83. The van der Waals surface area contributed by atoms with Gasteiger partial charge in [-0.3, -0.25) is 4.90 Å². The molecule has 1 rings (SSSR count). The van der Waals surface area contributed by atoms with Crippen LogP contribution < -0.4 is 0 Å². The van der Waals surface area contributed by atoms with Crippen LogP contribution in [0.4, 0.5) is 0 Å². The van der Waals surface area contributed by atoms with Crippen molar-refractivity contribution in [3.63, 3.8) is 0 Å². The van der Waals surface area contributed by atoms with Crippen molar-refractivity contribution in [3.05, 3.63) is 0 Å². The third kappa shape index (κ3) is 4.40. The molecule has 1 unspecified atom stereocenters. The Morgan fingerprint density at radius 2 is 1.94 bits per heavy atom. The molecule has 0 aromatic rings. The smallest absolute Gasteiger partial charge is 0.0603 e. The van der Waals surface area contributed by atoms with E-state index in [0.717, 1.165) is 32.1 Å². The van der Waals surface area contributed by atoms with E-state index in [1.54, 1.807) is 0 Å². The summed E-state index contributed by atoms with van der Waals surface area (Å²) in [5, 5.41) is 9.71. The second-order valence-corrected chi connectivity index (χ2v) is 5.53. The first kappa shape index (κ1) is 13.9. The quantitative estimate of drug-likeness (QED) is 0.747. The molecule has 0 aliphatic carbocycles. The molecule has 1 fully saturated rings. The lowest BCUT2D eigenvalue weighted by Crippen LogP contribution is -2.38. The van der Waals surface area contributed by atoms with Crippen LogP contribution in [0.1, 0.15) is 40.5 Å². The van der Waals surface area contributed by atoms with Gasteiger partial charge in [-0.05, 0) is 46.3 Å². The Bertz CT molecular complexity index is 197. The van der Waals surface area contributed by atoms with Crippen LogP contribution in [-0.4, -0.2) is 59.3 Å². The van der Waals surface area contributed by atoms with Gasteiger partial charge in [-0.15, -0.1) is 0 Å². The van der Waals surface area contributed by atoms with E-state index >= 15 is 0 Å². The minimum absolute atomic E-state index is 0.521. The molecule has 0 radical (unpaired) electrons. The van der Waals surface area contributed by atoms with Crippen molar-refractivity contribution in [2.75, 3.05) is 32.7 Å². The minimum Gasteiger partial charge on any atom is -0.390 e. The molecule has 1 saturated heterocycles. The Hall–Kier alpha value is -0.120. The fraction of sp³-hybridized carbons (Fsp3) is 1.00. The van der Waals surface area contributed by atoms with E-state index < -0.39 is 5.60 Å². The molecule has 0 aromatic heterocycles. The van der Waals surface area contributed by atoms with Crippen LogP contribution in [0.15, 0.2) is 0 Å². The van der Waals surface area contributed by atoms with Gasteiger partial charge in [0.1, 0.15) is 0 Å². The summed E-state index contributed by atoms with van der Waals surface area (Å²) in [5.74, 6) is 0. The van der Waals surface area contributed by atoms with Gasteiger partial charge in [0, 0.05) is 19.1 Å². The van der Waals surface area contributed by atoms with Gasteiger partial charge in [0.25, 0.3) is 0 Å². The maximum absolute atomic E-state index is 9.71. The van der Waals surface area contributed by atoms with Crippen molar-refractivity contribution >= 4 is 0 Å². The van der Waals surface area contributed by atoms with Gasteiger partial charge in [0.2, 0.25) is 0 Å². The maximum Gasteiger partial charge on any atom is 0.0603 e. The monoisotopic (exact) mass is 228 g/mol. The van der Waals surface area contributed by atoms with E-state index in [-0.39, 0.29) is 0 Å². The third-order valence-corrected chi connectivity index (χ3v) is 3.62. The predicted octanol–water partition coefficient (Wildman–Crippen LogP) is 1.56. The van der Waals surface area contributed by atoms with Crippen LogP contribution >= 0.6 is 0 Å². The second-order valence-electron chi connectivity index (χ2n) is 5.53. The molecule has 0 spiro atoms. The topological polar surface area (TPSA) is 26.7 Å². The average Bonchev–Trinajstić information content (AvgIpc) is 2.65. The standard InChI is InChI=1S/C13H28N2O/c1-5-15(6-2)12-7-9-14(11-12)10-8-13(3,4)16/h12,16H,5-11H2,1-4H3. The van der Waals surface area contributed by atoms with Crippen molar-refractivity contribution < 1.29 is 5.11 Å². The van der Waals surface area contributed by atoms with Crippen LogP contribution in [0.25, 0.3) is 0 Å². The lowest BCUT2D eigenvalue weighted by molar-refractivity contribution is 0.0595. The molecule has 0 bridgehead atoms. The predicted molar refractivity (Wildman–Crippen MR) is 68.7 cm³/mol. The zero-order valence-electron chi connectivity index (χ0n) is 11.4. The van der Waals surface area contributed by atoms with Crippen LogP contribution in [0.5, 0.6) is 0 Å². The van der Waals surface area contributed by atoms with E-state index in [1.165, 1.54) is 19.5 Å². The van der Waals surface area contributed by atoms with Crippen LogP contribution in [0.2, 0.25) is 0 Å². The second kappa shape index (κ2) is 5.99. The van der Waals surface area contributed by atoms with Crippen molar-refractivity contribution in [2.24, 2.45) is 0 Å². The summed E-state index contributed by atoms with van der Waals surface area (Å²) in [4.78, 5) is 5.03.